The van der Waals surface area contributed by atoms with Crippen LogP contribution in [0.5, 0.6) is 5.75 Å². The molecule has 1 aliphatic rings. The molecule has 0 saturated heterocycles. The summed E-state index contributed by atoms with van der Waals surface area (Å²) in [6, 6.07) is 4.25. The lowest BCUT2D eigenvalue weighted by atomic mass is 9.86. The van der Waals surface area contributed by atoms with E-state index in [9.17, 15) is 13.5 Å². The van der Waals surface area contributed by atoms with Crippen molar-refractivity contribution < 1.29 is 18.3 Å². The summed E-state index contributed by atoms with van der Waals surface area (Å²) in [7, 11) is -2.03. The summed E-state index contributed by atoms with van der Waals surface area (Å²) in [5.41, 5.74) is -0.331. The number of aliphatic hydroxyl groups excluding tert-OH is 1. The van der Waals surface area contributed by atoms with Crippen molar-refractivity contribution >= 4 is 21.6 Å². The molecule has 0 unspecified atom stereocenters. The predicted octanol–water partition coefficient (Wildman–Crippen LogP) is 1.80. The molecule has 2 atom stereocenters. The summed E-state index contributed by atoms with van der Waals surface area (Å²) in [4.78, 5) is 0. The summed E-state index contributed by atoms with van der Waals surface area (Å²) in [6.45, 7) is 3.44. The Bertz CT molecular complexity index is 629. The molecule has 5 nitrogen and oxygen atoms in total. The number of halogens is 1. The molecule has 0 spiro atoms. The number of hydrogen-bond acceptors (Lipinski definition) is 4. The lowest BCUT2D eigenvalue weighted by molar-refractivity contribution is -0.0762. The van der Waals surface area contributed by atoms with Crippen molar-refractivity contribution in [1.29, 1.82) is 0 Å². The van der Waals surface area contributed by atoms with Gasteiger partial charge in [-0.05, 0) is 32.0 Å². The molecule has 1 aromatic carbocycles. The highest BCUT2D eigenvalue weighted by molar-refractivity contribution is 7.88. The Morgan fingerprint density at radius 3 is 2.55 bits per heavy atom. The van der Waals surface area contributed by atoms with Gasteiger partial charge in [0.05, 0.1) is 12.3 Å². The number of likely N-dealkylation sites (N-methyl/N-ethyl adjacent to an activating group) is 1. The number of fused-ring (bicyclic) bond motifs is 1. The van der Waals surface area contributed by atoms with Crippen molar-refractivity contribution in [2.24, 2.45) is 0 Å². The zero-order valence-corrected chi connectivity index (χ0v) is 13.4. The first-order chi connectivity index (χ1) is 9.04. The molecule has 2 rings (SSSR count). The third kappa shape index (κ3) is 2.65. The quantitative estimate of drug-likeness (QED) is 0.902. The molecule has 112 valence electrons. The third-order valence-electron chi connectivity index (χ3n) is 3.59. The first kappa shape index (κ1) is 15.6. The van der Waals surface area contributed by atoms with Crippen LogP contribution in [0, 0.1) is 0 Å². The van der Waals surface area contributed by atoms with Gasteiger partial charge in [-0.25, -0.2) is 8.42 Å². The highest BCUT2D eigenvalue weighted by Gasteiger charge is 2.46. The van der Waals surface area contributed by atoms with E-state index in [1.165, 1.54) is 7.05 Å². The Kier molecular flexibility index (Phi) is 3.79. The van der Waals surface area contributed by atoms with E-state index in [1.54, 1.807) is 32.0 Å². The highest BCUT2D eigenvalue weighted by Crippen LogP contribution is 2.43. The van der Waals surface area contributed by atoms with Crippen LogP contribution in [0.1, 0.15) is 25.5 Å². The zero-order valence-electron chi connectivity index (χ0n) is 11.8. The number of ether oxygens (including phenoxy) is 1. The minimum atomic E-state index is -3.47. The van der Waals surface area contributed by atoms with Crippen LogP contribution in [-0.4, -0.2) is 42.8 Å². The van der Waals surface area contributed by atoms with E-state index in [4.69, 9.17) is 16.3 Å². The first-order valence-corrected chi connectivity index (χ1v) is 8.36. The van der Waals surface area contributed by atoms with Gasteiger partial charge >= 0.3 is 0 Å². The van der Waals surface area contributed by atoms with Crippen LogP contribution in [0.25, 0.3) is 0 Å². The fraction of sp³-hybridized carbons (Fsp3) is 0.538. The topological polar surface area (TPSA) is 66.8 Å². The molecular weight excluding hydrogens is 302 g/mol. The summed E-state index contributed by atoms with van der Waals surface area (Å²) in [5, 5.41) is 11.0. The smallest absolute Gasteiger partial charge is 0.211 e. The summed E-state index contributed by atoms with van der Waals surface area (Å²) >= 11 is 5.97. The monoisotopic (exact) mass is 319 g/mol. The molecule has 20 heavy (non-hydrogen) atoms. The zero-order chi connectivity index (χ0) is 15.3. The van der Waals surface area contributed by atoms with E-state index in [0.717, 1.165) is 10.6 Å². The molecule has 1 heterocycles. The molecule has 0 bridgehead atoms. The van der Waals surface area contributed by atoms with Crippen LogP contribution < -0.4 is 4.74 Å². The Morgan fingerprint density at radius 2 is 2.00 bits per heavy atom. The maximum absolute atomic E-state index is 11.8. The number of aliphatic hydroxyl groups is 1. The van der Waals surface area contributed by atoms with Crippen molar-refractivity contribution in [3.8, 4) is 5.75 Å². The molecule has 7 heteroatoms. The standard InChI is InChI=1S/C13H18ClNO4S/c1-13(2)12(16)11(15(3)20(4,17)18)9-7-8(14)5-6-10(9)19-13/h5-7,11-12,16H,1-4H3/t11-,12+/m1/s1. The van der Waals surface area contributed by atoms with Gasteiger partial charge in [-0.15, -0.1) is 0 Å². The molecular formula is C13H18ClNO4S. The van der Waals surface area contributed by atoms with E-state index in [2.05, 4.69) is 0 Å². The minimum Gasteiger partial charge on any atom is -0.485 e. The van der Waals surface area contributed by atoms with Gasteiger partial charge in [0.2, 0.25) is 10.0 Å². The van der Waals surface area contributed by atoms with Crippen LogP contribution in [0.3, 0.4) is 0 Å². The van der Waals surface area contributed by atoms with Gasteiger partial charge in [0.1, 0.15) is 17.5 Å². The molecule has 1 aromatic rings. The lowest BCUT2D eigenvalue weighted by Crippen LogP contribution is -2.53. The van der Waals surface area contributed by atoms with Crippen LogP contribution in [0.4, 0.5) is 0 Å². The van der Waals surface area contributed by atoms with E-state index >= 15 is 0 Å². The SMILES string of the molecule is CN([C@@H]1c2cc(Cl)ccc2OC(C)(C)[C@H]1O)S(C)(=O)=O. The van der Waals surface area contributed by atoms with Crippen molar-refractivity contribution in [3.05, 3.63) is 28.8 Å². The van der Waals surface area contributed by atoms with Gasteiger partial charge in [-0.3, -0.25) is 0 Å². The molecule has 0 aliphatic carbocycles. The van der Waals surface area contributed by atoms with Crippen LogP contribution >= 0.6 is 11.6 Å². The van der Waals surface area contributed by atoms with E-state index < -0.39 is 27.8 Å². The van der Waals surface area contributed by atoms with Gasteiger partial charge in [-0.1, -0.05) is 11.6 Å². The van der Waals surface area contributed by atoms with Crippen LogP contribution in [-0.2, 0) is 10.0 Å². The van der Waals surface area contributed by atoms with E-state index in [-0.39, 0.29) is 0 Å². The average Bonchev–Trinajstić information content (AvgIpc) is 2.30. The van der Waals surface area contributed by atoms with Gasteiger partial charge in [0.25, 0.3) is 0 Å². The summed E-state index contributed by atoms with van der Waals surface area (Å²) in [6.07, 6.45) is 0.0973. The molecule has 0 saturated carbocycles. The van der Waals surface area contributed by atoms with Crippen molar-refractivity contribution in [1.82, 2.24) is 4.31 Å². The number of nitrogens with zero attached hydrogens (tertiary/aromatic N) is 1. The van der Waals surface area contributed by atoms with Crippen molar-refractivity contribution in [2.75, 3.05) is 13.3 Å². The largest absolute Gasteiger partial charge is 0.485 e. The third-order valence-corrected chi connectivity index (χ3v) is 5.10. The first-order valence-electron chi connectivity index (χ1n) is 6.13. The lowest BCUT2D eigenvalue weighted by Gasteiger charge is -2.44. The van der Waals surface area contributed by atoms with Crippen LogP contribution in [0.2, 0.25) is 5.02 Å². The molecule has 1 N–H and O–H groups in total. The van der Waals surface area contributed by atoms with Gasteiger partial charge in [0.15, 0.2) is 0 Å². The van der Waals surface area contributed by atoms with Crippen molar-refractivity contribution in [2.45, 2.75) is 31.6 Å². The molecule has 0 amide bonds. The number of rotatable bonds is 2. The van der Waals surface area contributed by atoms with Gasteiger partial charge < -0.3 is 9.84 Å². The number of benzene rings is 1. The Labute approximate surface area is 124 Å². The van der Waals surface area contributed by atoms with E-state index in [0.29, 0.717) is 16.3 Å². The molecule has 0 aromatic heterocycles. The Morgan fingerprint density at radius 1 is 1.40 bits per heavy atom. The van der Waals surface area contributed by atoms with Gasteiger partial charge in [0, 0.05) is 17.6 Å². The second kappa shape index (κ2) is 4.87. The second-order valence-corrected chi connectivity index (χ2v) is 8.03. The maximum Gasteiger partial charge on any atom is 0.211 e. The fourth-order valence-electron chi connectivity index (χ4n) is 2.34. The molecule has 0 fully saturated rings. The second-order valence-electron chi connectivity index (χ2n) is 5.56. The number of sulfonamides is 1. The average molecular weight is 320 g/mol. The summed E-state index contributed by atoms with van der Waals surface area (Å²) < 4.78 is 30.5. The van der Waals surface area contributed by atoms with Crippen LogP contribution in [0.15, 0.2) is 18.2 Å². The predicted molar refractivity (Wildman–Crippen MR) is 77.5 cm³/mol. The highest BCUT2D eigenvalue weighted by atomic mass is 35.5. The summed E-state index contributed by atoms with van der Waals surface area (Å²) in [5.74, 6) is 0.533. The molecule has 1 aliphatic heterocycles. The van der Waals surface area contributed by atoms with Crippen molar-refractivity contribution in [3.63, 3.8) is 0 Å². The fourth-order valence-corrected chi connectivity index (χ4v) is 3.16. The normalized spacial score (nSPS) is 25.1. The molecule has 0 radical (unpaired) electrons. The number of hydrogen-bond donors (Lipinski definition) is 1. The minimum absolute atomic E-state index is 0.464. The van der Waals surface area contributed by atoms with E-state index in [1.807, 2.05) is 0 Å². The van der Waals surface area contributed by atoms with Gasteiger partial charge in [-0.2, -0.15) is 4.31 Å². The Hall–Kier alpha value is -0.820. The Balaban J connectivity index is 2.62. The maximum atomic E-state index is 11.8.